The molecule has 3 rings (SSSR count). The molecular weight excluding hydrogens is 316 g/mol. The molecule has 6 nitrogen and oxygen atoms in total. The average molecular weight is 331 g/mol. The molecule has 7 heteroatoms. The van der Waals surface area contributed by atoms with Crippen LogP contribution in [0.5, 0.6) is 0 Å². The van der Waals surface area contributed by atoms with Gasteiger partial charge in [-0.25, -0.2) is 0 Å². The topological polar surface area (TPSA) is 68.5 Å². The van der Waals surface area contributed by atoms with Crippen molar-refractivity contribution in [3.63, 3.8) is 0 Å². The van der Waals surface area contributed by atoms with Crippen molar-refractivity contribution in [3.05, 3.63) is 53.2 Å². The van der Waals surface area contributed by atoms with Gasteiger partial charge in [0.05, 0.1) is 12.2 Å². The molecular formula is C16H15ClN4O2. The molecule has 118 valence electrons. The Labute approximate surface area is 138 Å². The van der Waals surface area contributed by atoms with E-state index in [-0.39, 0.29) is 5.91 Å². The Bertz CT molecular complexity index is 830. The fraction of sp³-hybridized carbons (Fsp3) is 0.188. The number of ether oxygens (including phenoxy) is 1. The van der Waals surface area contributed by atoms with E-state index in [4.69, 9.17) is 16.3 Å². The first-order valence-corrected chi connectivity index (χ1v) is 7.44. The lowest BCUT2D eigenvalue weighted by Gasteiger charge is -2.06. The van der Waals surface area contributed by atoms with E-state index in [1.165, 1.54) is 0 Å². The van der Waals surface area contributed by atoms with E-state index < -0.39 is 0 Å². The fourth-order valence-corrected chi connectivity index (χ4v) is 2.32. The summed E-state index contributed by atoms with van der Waals surface area (Å²) in [5.74, 6) is 0.489. The first-order valence-electron chi connectivity index (χ1n) is 7.07. The summed E-state index contributed by atoms with van der Waals surface area (Å²) in [6.07, 6.45) is 1.72. The molecule has 2 heterocycles. The van der Waals surface area contributed by atoms with Crippen LogP contribution in [0.4, 0.5) is 0 Å². The van der Waals surface area contributed by atoms with E-state index in [0.717, 1.165) is 5.56 Å². The van der Waals surface area contributed by atoms with Crippen molar-refractivity contribution in [2.24, 2.45) is 0 Å². The second-order valence-electron chi connectivity index (χ2n) is 4.93. The van der Waals surface area contributed by atoms with Gasteiger partial charge < -0.3 is 10.1 Å². The quantitative estimate of drug-likeness (QED) is 0.729. The smallest absolute Gasteiger partial charge is 0.252 e. The number of carbonyl (C=O) groups excluding carboxylic acids is 1. The minimum Gasteiger partial charge on any atom is -0.383 e. The van der Waals surface area contributed by atoms with Crippen LogP contribution in [0.15, 0.2) is 42.6 Å². The summed E-state index contributed by atoms with van der Waals surface area (Å²) in [5.41, 5.74) is 2.07. The number of nitrogens with zero attached hydrogens (tertiary/aromatic N) is 3. The van der Waals surface area contributed by atoms with Gasteiger partial charge in [0, 0.05) is 30.4 Å². The first-order chi connectivity index (χ1) is 11.2. The van der Waals surface area contributed by atoms with Crippen LogP contribution in [-0.2, 0) is 4.74 Å². The maximum atomic E-state index is 12.1. The van der Waals surface area contributed by atoms with Crippen molar-refractivity contribution in [2.75, 3.05) is 20.3 Å². The molecule has 0 bridgehead atoms. The number of benzene rings is 1. The van der Waals surface area contributed by atoms with E-state index in [0.29, 0.717) is 35.2 Å². The Balaban J connectivity index is 1.93. The highest BCUT2D eigenvalue weighted by atomic mass is 35.5. The molecule has 0 radical (unpaired) electrons. The SMILES string of the molecule is COCCNC(=O)c1ccc2nnc(-c3ccc(Cl)cc3)n2c1. The fourth-order valence-electron chi connectivity index (χ4n) is 2.19. The normalized spacial score (nSPS) is 10.9. The van der Waals surface area contributed by atoms with Crippen molar-refractivity contribution < 1.29 is 9.53 Å². The van der Waals surface area contributed by atoms with Crippen molar-refractivity contribution in [1.29, 1.82) is 0 Å². The Morgan fingerprint density at radius 1 is 1.22 bits per heavy atom. The molecule has 1 amide bonds. The lowest BCUT2D eigenvalue weighted by Crippen LogP contribution is -2.27. The molecule has 0 saturated heterocycles. The number of hydrogen-bond acceptors (Lipinski definition) is 4. The summed E-state index contributed by atoms with van der Waals surface area (Å²) in [7, 11) is 1.59. The molecule has 3 aromatic rings. The van der Waals surface area contributed by atoms with Gasteiger partial charge in [0.1, 0.15) is 0 Å². The zero-order valence-corrected chi connectivity index (χ0v) is 13.2. The number of nitrogens with one attached hydrogen (secondary N) is 1. The van der Waals surface area contributed by atoms with Crippen molar-refractivity contribution in [1.82, 2.24) is 19.9 Å². The monoisotopic (exact) mass is 330 g/mol. The van der Waals surface area contributed by atoms with Crippen molar-refractivity contribution >= 4 is 23.2 Å². The van der Waals surface area contributed by atoms with Gasteiger partial charge in [-0.2, -0.15) is 0 Å². The molecule has 0 unspecified atom stereocenters. The van der Waals surface area contributed by atoms with Crippen LogP contribution in [0.2, 0.25) is 5.02 Å². The summed E-state index contributed by atoms with van der Waals surface area (Å²) in [4.78, 5) is 12.1. The number of amides is 1. The zero-order valence-electron chi connectivity index (χ0n) is 12.5. The molecule has 0 aliphatic rings. The highest BCUT2D eigenvalue weighted by molar-refractivity contribution is 6.30. The van der Waals surface area contributed by atoms with Gasteiger partial charge in [-0.15, -0.1) is 10.2 Å². The Hall–Kier alpha value is -2.44. The Morgan fingerprint density at radius 2 is 2.00 bits per heavy atom. The lowest BCUT2D eigenvalue weighted by molar-refractivity contribution is 0.0936. The molecule has 0 aliphatic carbocycles. The van der Waals surface area contributed by atoms with E-state index >= 15 is 0 Å². The van der Waals surface area contributed by atoms with Crippen LogP contribution in [0, 0.1) is 0 Å². The molecule has 0 spiro atoms. The van der Waals surface area contributed by atoms with E-state index in [9.17, 15) is 4.79 Å². The minimum absolute atomic E-state index is 0.167. The summed E-state index contributed by atoms with van der Waals surface area (Å²) < 4.78 is 6.71. The summed E-state index contributed by atoms with van der Waals surface area (Å²) in [6, 6.07) is 10.8. The zero-order chi connectivity index (χ0) is 16.2. The summed E-state index contributed by atoms with van der Waals surface area (Å²) in [6.45, 7) is 0.927. The summed E-state index contributed by atoms with van der Waals surface area (Å²) >= 11 is 5.91. The second kappa shape index (κ2) is 6.76. The van der Waals surface area contributed by atoms with Crippen LogP contribution in [0.1, 0.15) is 10.4 Å². The van der Waals surface area contributed by atoms with E-state index in [2.05, 4.69) is 15.5 Å². The Kier molecular flexibility index (Phi) is 4.55. The van der Waals surface area contributed by atoms with Gasteiger partial charge in [-0.1, -0.05) is 11.6 Å². The van der Waals surface area contributed by atoms with Crippen LogP contribution in [0.25, 0.3) is 17.0 Å². The van der Waals surface area contributed by atoms with Gasteiger partial charge in [0.15, 0.2) is 11.5 Å². The molecule has 23 heavy (non-hydrogen) atoms. The number of carbonyl (C=O) groups is 1. The molecule has 0 saturated carbocycles. The van der Waals surface area contributed by atoms with E-state index in [1.54, 1.807) is 42.0 Å². The van der Waals surface area contributed by atoms with Crippen molar-refractivity contribution in [3.8, 4) is 11.4 Å². The van der Waals surface area contributed by atoms with Gasteiger partial charge >= 0.3 is 0 Å². The maximum Gasteiger partial charge on any atom is 0.252 e. The number of hydrogen-bond donors (Lipinski definition) is 1. The molecule has 0 aliphatic heterocycles. The molecule has 0 atom stereocenters. The average Bonchev–Trinajstić information content (AvgIpc) is 2.99. The number of rotatable bonds is 5. The van der Waals surface area contributed by atoms with Gasteiger partial charge in [-0.05, 0) is 36.4 Å². The first kappa shape index (κ1) is 15.5. The third-order valence-corrected chi connectivity index (χ3v) is 3.61. The third kappa shape index (κ3) is 3.33. The maximum absolute atomic E-state index is 12.1. The predicted octanol–water partition coefficient (Wildman–Crippen LogP) is 2.43. The predicted molar refractivity (Wildman–Crippen MR) is 87.6 cm³/mol. The number of aromatic nitrogens is 3. The highest BCUT2D eigenvalue weighted by Gasteiger charge is 2.11. The third-order valence-electron chi connectivity index (χ3n) is 3.36. The molecule has 1 N–H and O–H groups in total. The van der Waals surface area contributed by atoms with E-state index in [1.807, 2.05) is 12.1 Å². The highest BCUT2D eigenvalue weighted by Crippen LogP contribution is 2.21. The van der Waals surface area contributed by atoms with Crippen molar-refractivity contribution in [2.45, 2.75) is 0 Å². The van der Waals surface area contributed by atoms with Crippen LogP contribution in [-0.4, -0.2) is 40.8 Å². The second-order valence-corrected chi connectivity index (χ2v) is 5.36. The van der Waals surface area contributed by atoms with Gasteiger partial charge in [0.2, 0.25) is 0 Å². The number of halogens is 1. The molecule has 0 fully saturated rings. The Morgan fingerprint density at radius 3 is 2.74 bits per heavy atom. The number of pyridine rings is 1. The van der Waals surface area contributed by atoms with Gasteiger partial charge in [0.25, 0.3) is 5.91 Å². The van der Waals surface area contributed by atoms with Crippen LogP contribution >= 0.6 is 11.6 Å². The summed E-state index contributed by atoms with van der Waals surface area (Å²) in [5, 5.41) is 11.8. The standard InChI is InChI=1S/C16H15ClN4O2/c1-23-9-8-18-16(22)12-4-7-14-19-20-15(21(14)10-12)11-2-5-13(17)6-3-11/h2-7,10H,8-9H2,1H3,(H,18,22). The molecule has 1 aromatic carbocycles. The largest absolute Gasteiger partial charge is 0.383 e. The lowest BCUT2D eigenvalue weighted by atomic mass is 10.2. The minimum atomic E-state index is -0.167. The van der Waals surface area contributed by atoms with Crippen LogP contribution < -0.4 is 5.32 Å². The molecule has 2 aromatic heterocycles. The van der Waals surface area contributed by atoms with Gasteiger partial charge in [-0.3, -0.25) is 9.20 Å². The number of fused-ring (bicyclic) bond motifs is 1. The number of methoxy groups -OCH3 is 1. The van der Waals surface area contributed by atoms with Crippen LogP contribution in [0.3, 0.4) is 0 Å².